The number of phenols is 1. The minimum Gasteiger partial charge on any atom is -0.508 e. The summed E-state index contributed by atoms with van der Waals surface area (Å²) in [6.07, 6.45) is 3.28. The lowest BCUT2D eigenvalue weighted by molar-refractivity contribution is 0.474. The molecule has 2 N–H and O–H groups in total. The van der Waals surface area contributed by atoms with Gasteiger partial charge in [0.2, 0.25) is 0 Å². The van der Waals surface area contributed by atoms with Crippen molar-refractivity contribution in [2.45, 2.75) is 19.4 Å². The SMILES string of the molecule is Cn1c(=O)c2c(ncn2CCCNCCc2cccc(O)c2)n(C)c1=O. The molecule has 138 valence electrons. The van der Waals surface area contributed by atoms with Crippen molar-refractivity contribution < 1.29 is 5.11 Å². The van der Waals surface area contributed by atoms with E-state index in [1.54, 1.807) is 30.1 Å². The molecule has 0 amide bonds. The maximum absolute atomic E-state index is 12.4. The fourth-order valence-corrected chi connectivity index (χ4v) is 3.01. The minimum atomic E-state index is -0.374. The van der Waals surface area contributed by atoms with Gasteiger partial charge in [-0.1, -0.05) is 12.1 Å². The van der Waals surface area contributed by atoms with Crippen LogP contribution in [0, 0.1) is 0 Å². The Hall–Kier alpha value is -2.87. The summed E-state index contributed by atoms with van der Waals surface area (Å²) in [5, 5.41) is 12.8. The molecule has 0 saturated carbocycles. The van der Waals surface area contributed by atoms with Crippen LogP contribution >= 0.6 is 0 Å². The van der Waals surface area contributed by atoms with E-state index >= 15 is 0 Å². The number of phenolic OH excluding ortho intramolecular Hbond substituents is 1. The van der Waals surface area contributed by atoms with Gasteiger partial charge in [0.1, 0.15) is 5.75 Å². The molecule has 0 aliphatic heterocycles. The van der Waals surface area contributed by atoms with Gasteiger partial charge >= 0.3 is 5.69 Å². The summed E-state index contributed by atoms with van der Waals surface area (Å²) in [5.74, 6) is 0.283. The zero-order valence-corrected chi connectivity index (χ0v) is 15.0. The molecule has 0 aliphatic carbocycles. The summed E-state index contributed by atoms with van der Waals surface area (Å²) in [6, 6.07) is 7.24. The van der Waals surface area contributed by atoms with E-state index in [0.717, 1.165) is 36.1 Å². The zero-order valence-electron chi connectivity index (χ0n) is 15.0. The van der Waals surface area contributed by atoms with Gasteiger partial charge < -0.3 is 15.0 Å². The highest BCUT2D eigenvalue weighted by atomic mass is 16.3. The largest absolute Gasteiger partial charge is 0.508 e. The first kappa shape index (κ1) is 17.9. The first-order chi connectivity index (χ1) is 12.5. The standard InChI is InChI=1S/C18H23N5O3/c1-21-16-15(17(25)22(2)18(21)26)23(12-20-16)10-4-8-19-9-7-13-5-3-6-14(24)11-13/h3,5-6,11-12,19,24H,4,7-10H2,1-2H3. The molecule has 0 unspecified atom stereocenters. The Kier molecular flexibility index (Phi) is 5.22. The normalized spacial score (nSPS) is 11.3. The average Bonchev–Trinajstić information content (AvgIpc) is 3.05. The predicted molar refractivity (Wildman–Crippen MR) is 99.5 cm³/mol. The number of benzene rings is 1. The molecule has 0 fully saturated rings. The van der Waals surface area contributed by atoms with Gasteiger partial charge in [-0.3, -0.25) is 13.9 Å². The van der Waals surface area contributed by atoms with Gasteiger partial charge in [-0.05, 0) is 43.6 Å². The van der Waals surface area contributed by atoms with Gasteiger partial charge in [0.05, 0.1) is 6.33 Å². The molecule has 0 radical (unpaired) electrons. The molecule has 0 saturated heterocycles. The van der Waals surface area contributed by atoms with E-state index in [4.69, 9.17) is 0 Å². The lowest BCUT2D eigenvalue weighted by atomic mass is 10.1. The van der Waals surface area contributed by atoms with Crippen LogP contribution in [0.3, 0.4) is 0 Å². The molecule has 2 heterocycles. The van der Waals surface area contributed by atoms with Gasteiger partial charge in [-0.2, -0.15) is 0 Å². The second kappa shape index (κ2) is 7.57. The summed E-state index contributed by atoms with van der Waals surface area (Å²) in [4.78, 5) is 28.5. The number of hydrogen-bond acceptors (Lipinski definition) is 5. The predicted octanol–water partition coefficient (Wildman–Crippen LogP) is 0.362. The molecule has 0 aliphatic rings. The van der Waals surface area contributed by atoms with E-state index < -0.39 is 0 Å². The van der Waals surface area contributed by atoms with E-state index in [-0.39, 0.29) is 17.0 Å². The van der Waals surface area contributed by atoms with Crippen LogP contribution in [0.25, 0.3) is 11.2 Å². The number of fused-ring (bicyclic) bond motifs is 1. The second-order valence-electron chi connectivity index (χ2n) is 6.34. The van der Waals surface area contributed by atoms with Crippen molar-refractivity contribution in [3.05, 3.63) is 57.0 Å². The number of nitrogens with zero attached hydrogens (tertiary/aromatic N) is 4. The Morgan fingerprint density at radius 2 is 1.96 bits per heavy atom. The molecular formula is C18H23N5O3. The first-order valence-electron chi connectivity index (χ1n) is 8.58. The summed E-state index contributed by atoms with van der Waals surface area (Å²) >= 11 is 0. The van der Waals surface area contributed by atoms with Gasteiger partial charge in [-0.25, -0.2) is 9.78 Å². The number of rotatable bonds is 7. The summed E-state index contributed by atoms with van der Waals surface area (Å²) in [7, 11) is 3.09. The van der Waals surface area contributed by atoms with Crippen LogP contribution in [0.4, 0.5) is 0 Å². The Morgan fingerprint density at radius 1 is 1.15 bits per heavy atom. The van der Waals surface area contributed by atoms with Crippen molar-refractivity contribution in [3.8, 4) is 5.75 Å². The third-order valence-electron chi connectivity index (χ3n) is 4.47. The monoisotopic (exact) mass is 357 g/mol. The van der Waals surface area contributed by atoms with Gasteiger partial charge in [0.25, 0.3) is 5.56 Å². The second-order valence-corrected chi connectivity index (χ2v) is 6.34. The van der Waals surface area contributed by atoms with Crippen molar-refractivity contribution in [1.29, 1.82) is 0 Å². The molecule has 3 rings (SSSR count). The molecule has 2 aromatic heterocycles. The van der Waals surface area contributed by atoms with Crippen molar-refractivity contribution >= 4 is 11.2 Å². The Morgan fingerprint density at radius 3 is 2.73 bits per heavy atom. The maximum Gasteiger partial charge on any atom is 0.332 e. The summed E-state index contributed by atoms with van der Waals surface area (Å²) in [5.41, 5.74) is 1.26. The van der Waals surface area contributed by atoms with Crippen molar-refractivity contribution in [3.63, 3.8) is 0 Å². The third-order valence-corrected chi connectivity index (χ3v) is 4.47. The summed E-state index contributed by atoms with van der Waals surface area (Å²) in [6.45, 7) is 2.25. The zero-order chi connectivity index (χ0) is 18.7. The van der Waals surface area contributed by atoms with Crippen LogP contribution < -0.4 is 16.6 Å². The Balaban J connectivity index is 1.56. The lowest BCUT2D eigenvalue weighted by Crippen LogP contribution is -2.37. The number of aromatic hydroxyl groups is 1. The maximum atomic E-state index is 12.4. The topological polar surface area (TPSA) is 94.1 Å². The van der Waals surface area contributed by atoms with Crippen LogP contribution in [0.15, 0.2) is 40.2 Å². The van der Waals surface area contributed by atoms with Crippen molar-refractivity contribution in [1.82, 2.24) is 24.0 Å². The molecule has 0 atom stereocenters. The molecule has 0 bridgehead atoms. The molecular weight excluding hydrogens is 334 g/mol. The van der Waals surface area contributed by atoms with E-state index in [0.29, 0.717) is 17.7 Å². The molecule has 8 nitrogen and oxygen atoms in total. The fourth-order valence-electron chi connectivity index (χ4n) is 3.01. The Bertz CT molecular complexity index is 1030. The molecule has 0 spiro atoms. The van der Waals surface area contributed by atoms with Crippen LogP contribution in [0.1, 0.15) is 12.0 Å². The van der Waals surface area contributed by atoms with Gasteiger partial charge in [0.15, 0.2) is 11.2 Å². The van der Waals surface area contributed by atoms with Crippen LogP contribution in [-0.2, 0) is 27.1 Å². The quantitative estimate of drug-likeness (QED) is 0.596. The Labute approximate surface area is 150 Å². The average molecular weight is 357 g/mol. The highest BCUT2D eigenvalue weighted by Gasteiger charge is 2.13. The molecule has 8 heteroatoms. The number of imidazole rings is 1. The van der Waals surface area contributed by atoms with E-state index in [1.165, 1.54) is 11.6 Å². The molecule has 3 aromatic rings. The first-order valence-corrected chi connectivity index (χ1v) is 8.58. The highest BCUT2D eigenvalue weighted by molar-refractivity contribution is 5.69. The third kappa shape index (κ3) is 3.55. The lowest BCUT2D eigenvalue weighted by Gasteiger charge is -2.08. The number of nitrogens with one attached hydrogen (secondary N) is 1. The van der Waals surface area contributed by atoms with Gasteiger partial charge in [-0.15, -0.1) is 0 Å². The van der Waals surface area contributed by atoms with Gasteiger partial charge in [0, 0.05) is 20.6 Å². The van der Waals surface area contributed by atoms with Crippen LogP contribution in [0.5, 0.6) is 5.75 Å². The van der Waals surface area contributed by atoms with E-state index in [9.17, 15) is 14.7 Å². The van der Waals surface area contributed by atoms with E-state index in [1.807, 2.05) is 12.1 Å². The smallest absolute Gasteiger partial charge is 0.332 e. The fraction of sp³-hybridized carbons (Fsp3) is 0.389. The number of aryl methyl sites for hydroxylation is 2. The molecule has 26 heavy (non-hydrogen) atoms. The highest BCUT2D eigenvalue weighted by Crippen LogP contribution is 2.11. The molecule has 1 aromatic carbocycles. The minimum absolute atomic E-state index is 0.283. The number of hydrogen-bond donors (Lipinski definition) is 2. The van der Waals surface area contributed by atoms with Crippen molar-refractivity contribution in [2.75, 3.05) is 13.1 Å². The summed E-state index contributed by atoms with van der Waals surface area (Å²) < 4.78 is 4.29. The number of aromatic nitrogens is 4. The van der Waals surface area contributed by atoms with Crippen molar-refractivity contribution in [2.24, 2.45) is 14.1 Å². The van der Waals surface area contributed by atoms with E-state index in [2.05, 4.69) is 10.3 Å². The van der Waals surface area contributed by atoms with Crippen LogP contribution in [0.2, 0.25) is 0 Å². The van der Waals surface area contributed by atoms with Crippen LogP contribution in [-0.4, -0.2) is 36.9 Å².